The van der Waals surface area contributed by atoms with Crippen LogP contribution in [0.3, 0.4) is 0 Å². The summed E-state index contributed by atoms with van der Waals surface area (Å²) in [5.41, 5.74) is 10.9. The highest BCUT2D eigenvalue weighted by Gasteiger charge is 2.52. The summed E-state index contributed by atoms with van der Waals surface area (Å²) in [6.07, 6.45) is 23.8. The van der Waals surface area contributed by atoms with Crippen molar-refractivity contribution in [2.24, 2.45) is 17.6 Å². The molecule has 0 spiro atoms. The minimum absolute atomic E-state index is 0.135. The molecule has 3 aromatic rings. The second-order valence-electron chi connectivity index (χ2n) is 33.1. The molecule has 6 aliphatic rings. The molecule has 3 aromatic carbocycles. The van der Waals surface area contributed by atoms with E-state index in [9.17, 15) is 22.8 Å². The molecule has 22 heteroatoms. The number of hydrogen-bond acceptors (Lipinski definition) is 15. The van der Waals surface area contributed by atoms with Crippen molar-refractivity contribution in [3.05, 3.63) is 144 Å². The molecule has 3 N–H and O–H groups in total. The van der Waals surface area contributed by atoms with E-state index in [0.717, 1.165) is 87.9 Å². The van der Waals surface area contributed by atoms with Gasteiger partial charge in [-0.2, -0.15) is 8.61 Å². The molecule has 3 aliphatic carbocycles. The molecule has 3 aliphatic heterocycles. The van der Waals surface area contributed by atoms with Crippen molar-refractivity contribution >= 4 is 78.6 Å². The SMILES string of the molecule is C=CCOC(=O)C(c1ccc(C2(N(COCC[Si](C)(C)C)S(=O)C(C)(C)C)COC2)cc1)C1CCCCC1.C=CCOC(=O)C(c1ccc(C2(N)COC2)cc1)C1CCCCC1.C=CCOC(=O)Cc1ccc(C2(N(COCC[Si](C)(C)C)S(=O)C(C)(C)C)COC2)cc1.CCO.IC1CCCCC1. The van der Waals surface area contributed by atoms with Crippen molar-refractivity contribution in [2.75, 3.05) is 92.7 Å². The third kappa shape index (κ3) is 28.7. The van der Waals surface area contributed by atoms with E-state index in [-0.39, 0.29) is 87.5 Å². The molecule has 3 saturated heterocycles. The van der Waals surface area contributed by atoms with E-state index in [4.69, 9.17) is 48.7 Å². The van der Waals surface area contributed by atoms with Crippen molar-refractivity contribution < 1.29 is 65.8 Å². The lowest BCUT2D eigenvalue weighted by molar-refractivity contribution is -0.147. The highest BCUT2D eigenvalue weighted by molar-refractivity contribution is 14.1. The maximum absolute atomic E-state index is 13.8. The van der Waals surface area contributed by atoms with Gasteiger partial charge in [0.15, 0.2) is 0 Å². The summed E-state index contributed by atoms with van der Waals surface area (Å²) >= 11 is 2.56. The molecule has 9 rings (SSSR count). The van der Waals surface area contributed by atoms with E-state index >= 15 is 0 Å². The maximum atomic E-state index is 13.8. The number of carbonyl (C=O) groups is 3. The molecule has 0 bridgehead atoms. The molecule has 4 atom stereocenters. The number of hydrogen-bond donors (Lipinski definition) is 2. The lowest BCUT2D eigenvalue weighted by Gasteiger charge is -2.50. The largest absolute Gasteiger partial charge is 0.461 e. The summed E-state index contributed by atoms with van der Waals surface area (Å²) in [4.78, 5) is 37.7. The lowest BCUT2D eigenvalue weighted by atomic mass is 9.76. The van der Waals surface area contributed by atoms with Gasteiger partial charge in [-0.15, -0.1) is 0 Å². The molecule has 0 aromatic heterocycles. The van der Waals surface area contributed by atoms with Gasteiger partial charge < -0.3 is 48.7 Å². The topological polar surface area (TPSA) is 212 Å². The predicted molar refractivity (Wildman–Crippen MR) is 438 cm³/mol. The molecule has 17 nitrogen and oxygen atoms in total. The number of benzene rings is 3. The summed E-state index contributed by atoms with van der Waals surface area (Å²) in [5.74, 6) is -0.404. The highest BCUT2D eigenvalue weighted by atomic mass is 127. The molecule has 3 heterocycles. The molecule has 6 fully saturated rings. The lowest BCUT2D eigenvalue weighted by Crippen LogP contribution is -2.62. The van der Waals surface area contributed by atoms with Crippen molar-refractivity contribution in [3.63, 3.8) is 0 Å². The van der Waals surface area contributed by atoms with Crippen LogP contribution in [0.4, 0.5) is 0 Å². The highest BCUT2D eigenvalue weighted by Crippen LogP contribution is 2.44. The van der Waals surface area contributed by atoms with Crippen molar-refractivity contribution in [3.8, 4) is 0 Å². The van der Waals surface area contributed by atoms with Crippen LogP contribution in [0.15, 0.2) is 111 Å². The molecule has 586 valence electrons. The van der Waals surface area contributed by atoms with Gasteiger partial charge in [0.25, 0.3) is 0 Å². The van der Waals surface area contributed by atoms with Gasteiger partial charge in [-0.3, -0.25) is 14.4 Å². The average Bonchev–Trinajstić information content (AvgIpc) is 0.772. The summed E-state index contributed by atoms with van der Waals surface area (Å²) in [6, 6.07) is 26.4. The quantitative estimate of drug-likeness (QED) is 0.00896. The number of esters is 3. The Bertz CT molecular complexity index is 3100. The molecule has 3 saturated carbocycles. The van der Waals surface area contributed by atoms with Crippen LogP contribution in [0.2, 0.25) is 51.4 Å². The van der Waals surface area contributed by atoms with E-state index in [1.54, 1.807) is 25.2 Å². The zero-order chi connectivity index (χ0) is 76.8. The monoisotopic (exact) mass is 1630 g/mol. The van der Waals surface area contributed by atoms with Gasteiger partial charge >= 0.3 is 17.9 Å². The van der Waals surface area contributed by atoms with E-state index in [2.05, 4.69) is 106 Å². The smallest absolute Gasteiger partial charge is 0.314 e. The van der Waals surface area contributed by atoms with Gasteiger partial charge in [-0.05, 0) is 144 Å². The number of rotatable bonds is 31. The molecular weight excluding hydrogens is 1500 g/mol. The third-order valence-corrected chi connectivity index (χ3v) is 28.2. The number of aliphatic hydroxyl groups is 1. The fraction of sp³-hybridized carbons (Fsp3) is 0.671. The summed E-state index contributed by atoms with van der Waals surface area (Å²) in [6.45, 7) is 44.2. The molecule has 104 heavy (non-hydrogen) atoms. The zero-order valence-electron chi connectivity index (χ0n) is 65.7. The van der Waals surface area contributed by atoms with Crippen LogP contribution in [-0.2, 0) is 97.3 Å². The Morgan fingerprint density at radius 1 is 0.558 bits per heavy atom. The Morgan fingerprint density at radius 3 is 1.17 bits per heavy atom. The second-order valence-corrected chi connectivity index (χ2v) is 50.4. The van der Waals surface area contributed by atoms with Crippen LogP contribution < -0.4 is 5.73 Å². The van der Waals surface area contributed by atoms with Crippen LogP contribution in [0, 0.1) is 11.8 Å². The first-order valence-electron chi connectivity index (χ1n) is 38.2. The second kappa shape index (κ2) is 44.3. The van der Waals surface area contributed by atoms with Gasteiger partial charge in [0, 0.05) is 39.9 Å². The number of nitrogens with zero attached hydrogens (tertiary/aromatic N) is 2. The fourth-order valence-electron chi connectivity index (χ4n) is 13.3. The Morgan fingerprint density at radius 2 is 0.885 bits per heavy atom. The zero-order valence-corrected chi connectivity index (χ0v) is 71.5. The van der Waals surface area contributed by atoms with Crippen molar-refractivity contribution in [2.45, 2.75) is 244 Å². The van der Waals surface area contributed by atoms with Crippen LogP contribution in [-0.4, -0.2) is 162 Å². The van der Waals surface area contributed by atoms with E-state index in [1.807, 2.05) is 98.7 Å². The maximum Gasteiger partial charge on any atom is 0.314 e. The van der Waals surface area contributed by atoms with E-state index < -0.39 is 58.7 Å². The van der Waals surface area contributed by atoms with Crippen LogP contribution in [0.5, 0.6) is 0 Å². The Balaban J connectivity index is 0.000000267. The number of nitrogens with two attached hydrogens (primary N) is 1. The van der Waals surface area contributed by atoms with Gasteiger partial charge in [-0.1, -0.05) is 230 Å². The third-order valence-electron chi connectivity index (χ3n) is 19.7. The van der Waals surface area contributed by atoms with Crippen molar-refractivity contribution in [1.29, 1.82) is 0 Å². The van der Waals surface area contributed by atoms with Crippen LogP contribution in [0.25, 0.3) is 0 Å². The first kappa shape index (κ1) is 91.0. The van der Waals surface area contributed by atoms with Gasteiger partial charge in [0.1, 0.15) is 66.3 Å². The number of ether oxygens (including phenoxy) is 8. The summed E-state index contributed by atoms with van der Waals surface area (Å²) in [5, 5.41) is 7.57. The van der Waals surface area contributed by atoms with E-state index in [1.165, 1.54) is 57.8 Å². The summed E-state index contributed by atoms with van der Waals surface area (Å²) in [7, 11) is -5.02. The van der Waals surface area contributed by atoms with Crippen molar-refractivity contribution in [1.82, 2.24) is 8.61 Å². The summed E-state index contributed by atoms with van der Waals surface area (Å²) < 4.78 is 76.2. The number of carbonyl (C=O) groups excluding carboxylic acids is 3. The van der Waals surface area contributed by atoms with Gasteiger partial charge in [0.2, 0.25) is 0 Å². The standard InChI is InChI=1S/C30H49NO5SSi.C24H39NO5SSi.C20H27NO3.C6H11I.C2H6O/c1-8-18-36-28(32)27(24-12-10-9-11-13-24)25-14-16-26(17-15-25)30(21-35-22-30)31(37(33)29(2,3)4)23-34-19-20-38(5,6)7;1-8-13-30-22(26)16-20-9-11-21(12-10-20)24(17-29-18-24)25(31(27)23(2,3)4)19-28-14-15-32(5,6)7;1-2-12-24-19(22)18(15-6-4-3-5-7-15)16-8-10-17(11-9-16)20(21)13-23-14-20;7-6-4-2-1-3-5-6;1-2-3/h8,14-17,24,27H,1,9-13,18-23H2,2-7H3;8-12H,1,13-19H2,2-7H3;2,8-11,15,18H,1,3-7,12-14,21H2;6H,1-5H2;3H,2H2,1H3. The van der Waals surface area contributed by atoms with E-state index in [0.29, 0.717) is 58.8 Å². The first-order chi connectivity index (χ1) is 49.2. The number of aliphatic hydroxyl groups excluding tert-OH is 1. The molecule has 4 unspecified atom stereocenters. The average molecular weight is 1630 g/mol. The minimum Gasteiger partial charge on any atom is -0.461 e. The van der Waals surface area contributed by atoms with Gasteiger partial charge in [-0.25, -0.2) is 8.42 Å². The first-order valence-corrected chi connectivity index (χ1v) is 49.0. The Hall–Kier alpha value is -3.61. The minimum atomic E-state index is -1.29. The molecule has 0 amide bonds. The predicted octanol–water partition coefficient (Wildman–Crippen LogP) is 16.7. The number of halogens is 1. The van der Waals surface area contributed by atoms with Gasteiger partial charge in [0.05, 0.1) is 72.9 Å². The van der Waals surface area contributed by atoms with Crippen LogP contribution >= 0.6 is 22.6 Å². The Labute approximate surface area is 647 Å². The fourth-order valence-corrected chi connectivity index (χ4v) is 18.5. The number of alkyl halides is 1. The van der Waals surface area contributed by atoms with Crippen LogP contribution in [0.1, 0.15) is 190 Å². The molecule has 0 radical (unpaired) electrons. The molecular formula is C82H132IN3O14S2Si2. The normalized spacial score (nSPS) is 19.4. The Kier molecular flexibility index (Phi) is 38.8.